The van der Waals surface area contributed by atoms with Gasteiger partial charge in [0, 0.05) is 12.6 Å². The third-order valence-corrected chi connectivity index (χ3v) is 3.87. The molecule has 1 aromatic rings. The monoisotopic (exact) mass is 343 g/mol. The highest BCUT2D eigenvalue weighted by Gasteiger charge is 2.40. The SMILES string of the molecule is CCOc1cc(F)c(Cl)cc1[C@H]1C[C@@H]1CNC(=O)OC(C)(C)C. The molecule has 1 N–H and O–H groups in total. The topological polar surface area (TPSA) is 47.6 Å². The molecule has 0 spiro atoms. The van der Waals surface area contributed by atoms with Crippen LogP contribution in [0, 0.1) is 11.7 Å². The molecular weight excluding hydrogens is 321 g/mol. The van der Waals surface area contributed by atoms with Crippen molar-refractivity contribution in [3.63, 3.8) is 0 Å². The Morgan fingerprint density at radius 1 is 1.43 bits per heavy atom. The van der Waals surface area contributed by atoms with Crippen LogP contribution in [0.1, 0.15) is 45.6 Å². The molecule has 4 nitrogen and oxygen atoms in total. The normalized spacial score (nSPS) is 20.1. The van der Waals surface area contributed by atoms with E-state index in [9.17, 15) is 9.18 Å². The molecule has 1 aliphatic carbocycles. The molecule has 1 saturated carbocycles. The van der Waals surface area contributed by atoms with E-state index in [1.54, 1.807) is 6.07 Å². The van der Waals surface area contributed by atoms with Crippen molar-refractivity contribution in [2.24, 2.45) is 5.92 Å². The van der Waals surface area contributed by atoms with Crippen molar-refractivity contribution >= 4 is 17.7 Å². The lowest BCUT2D eigenvalue weighted by atomic mass is 10.1. The smallest absolute Gasteiger partial charge is 0.407 e. The number of alkyl carbamates (subject to hydrolysis) is 1. The maximum atomic E-state index is 13.6. The summed E-state index contributed by atoms with van der Waals surface area (Å²) in [6, 6.07) is 2.96. The number of nitrogens with one attached hydrogen (secondary N) is 1. The predicted octanol–water partition coefficient (Wildman–Crippen LogP) is 4.51. The summed E-state index contributed by atoms with van der Waals surface area (Å²) < 4.78 is 24.3. The summed E-state index contributed by atoms with van der Waals surface area (Å²) >= 11 is 5.89. The van der Waals surface area contributed by atoms with Gasteiger partial charge >= 0.3 is 6.09 Å². The number of carbonyl (C=O) groups excluding carboxylic acids is 1. The molecule has 0 heterocycles. The van der Waals surface area contributed by atoms with E-state index in [1.807, 2.05) is 27.7 Å². The van der Waals surface area contributed by atoms with E-state index in [4.69, 9.17) is 21.1 Å². The van der Waals surface area contributed by atoms with Crippen LogP contribution in [0.25, 0.3) is 0 Å². The molecule has 0 unspecified atom stereocenters. The Balaban J connectivity index is 1.95. The summed E-state index contributed by atoms with van der Waals surface area (Å²) in [5.41, 5.74) is 0.383. The highest BCUT2D eigenvalue weighted by Crippen LogP contribution is 2.51. The molecule has 23 heavy (non-hydrogen) atoms. The lowest BCUT2D eigenvalue weighted by Gasteiger charge is -2.19. The first-order valence-electron chi connectivity index (χ1n) is 7.80. The van der Waals surface area contributed by atoms with Crippen molar-refractivity contribution in [2.75, 3.05) is 13.2 Å². The number of rotatable bonds is 5. The molecule has 1 fully saturated rings. The Kier molecular flexibility index (Phi) is 5.40. The van der Waals surface area contributed by atoms with Gasteiger partial charge in [0.05, 0.1) is 11.6 Å². The lowest BCUT2D eigenvalue weighted by Crippen LogP contribution is -2.33. The van der Waals surface area contributed by atoms with Gasteiger partial charge in [0.1, 0.15) is 17.2 Å². The van der Waals surface area contributed by atoms with Gasteiger partial charge in [0.25, 0.3) is 0 Å². The van der Waals surface area contributed by atoms with Crippen LogP contribution in [0.2, 0.25) is 5.02 Å². The largest absolute Gasteiger partial charge is 0.493 e. The zero-order valence-corrected chi connectivity index (χ0v) is 14.7. The second-order valence-corrected chi connectivity index (χ2v) is 7.13. The Morgan fingerprint density at radius 2 is 2.13 bits per heavy atom. The molecule has 0 aliphatic heterocycles. The van der Waals surface area contributed by atoms with Crippen LogP contribution in [0.3, 0.4) is 0 Å². The number of amides is 1. The third kappa shape index (κ3) is 4.99. The molecule has 0 saturated heterocycles. The summed E-state index contributed by atoms with van der Waals surface area (Å²) in [5, 5.41) is 2.86. The third-order valence-electron chi connectivity index (χ3n) is 3.58. The molecule has 2 rings (SSSR count). The molecule has 6 heteroatoms. The van der Waals surface area contributed by atoms with Crippen molar-refractivity contribution in [2.45, 2.75) is 45.6 Å². The Morgan fingerprint density at radius 3 is 2.74 bits per heavy atom. The molecule has 128 valence electrons. The first kappa shape index (κ1) is 17.9. The first-order chi connectivity index (χ1) is 10.7. The Bertz CT molecular complexity index is 586. The van der Waals surface area contributed by atoms with Gasteiger partial charge in [0.15, 0.2) is 0 Å². The molecule has 0 bridgehead atoms. The molecule has 0 aromatic heterocycles. The maximum absolute atomic E-state index is 13.6. The molecular formula is C17H23ClFNO3. The summed E-state index contributed by atoms with van der Waals surface area (Å²) in [6.07, 6.45) is 0.475. The van der Waals surface area contributed by atoms with Crippen LogP contribution in [-0.2, 0) is 4.74 Å². The standard InChI is InChI=1S/C17H23ClFNO3/c1-5-22-15-8-14(19)13(18)7-12(15)11-6-10(11)9-20-16(21)23-17(2,3)4/h7-8,10-11H,5-6,9H2,1-4H3,(H,20,21)/t10-,11+/m1/s1. The Hall–Kier alpha value is -1.49. The molecule has 1 aromatic carbocycles. The minimum atomic E-state index is -0.514. The summed E-state index contributed by atoms with van der Waals surface area (Å²) in [7, 11) is 0. The van der Waals surface area contributed by atoms with Gasteiger partial charge in [-0.05, 0) is 57.6 Å². The van der Waals surface area contributed by atoms with Gasteiger partial charge in [-0.15, -0.1) is 0 Å². The van der Waals surface area contributed by atoms with Gasteiger partial charge in [-0.25, -0.2) is 9.18 Å². The zero-order chi connectivity index (χ0) is 17.2. The van der Waals surface area contributed by atoms with E-state index >= 15 is 0 Å². The fourth-order valence-electron chi connectivity index (χ4n) is 2.50. The van der Waals surface area contributed by atoms with Crippen molar-refractivity contribution in [3.8, 4) is 5.75 Å². The zero-order valence-electron chi connectivity index (χ0n) is 13.9. The number of carbonyl (C=O) groups is 1. The number of hydrogen-bond acceptors (Lipinski definition) is 3. The van der Waals surface area contributed by atoms with E-state index in [0.29, 0.717) is 18.9 Å². The van der Waals surface area contributed by atoms with Gasteiger partial charge in [-0.2, -0.15) is 0 Å². The average molecular weight is 344 g/mol. The van der Waals surface area contributed by atoms with Crippen LogP contribution in [-0.4, -0.2) is 24.8 Å². The highest BCUT2D eigenvalue weighted by atomic mass is 35.5. The summed E-state index contributed by atoms with van der Waals surface area (Å²) in [6.45, 7) is 8.29. The number of benzene rings is 1. The molecule has 1 amide bonds. The fourth-order valence-corrected chi connectivity index (χ4v) is 2.67. The summed E-state index contributed by atoms with van der Waals surface area (Å²) in [5.74, 6) is 0.537. The average Bonchev–Trinajstić information content (AvgIpc) is 3.18. The van der Waals surface area contributed by atoms with Crippen molar-refractivity contribution in [1.82, 2.24) is 5.32 Å². The molecule has 1 aliphatic rings. The highest BCUT2D eigenvalue weighted by molar-refractivity contribution is 6.30. The van der Waals surface area contributed by atoms with Crippen LogP contribution in [0.15, 0.2) is 12.1 Å². The number of hydrogen-bond donors (Lipinski definition) is 1. The minimum absolute atomic E-state index is 0.0919. The second-order valence-electron chi connectivity index (χ2n) is 6.72. The first-order valence-corrected chi connectivity index (χ1v) is 8.17. The molecule has 0 radical (unpaired) electrons. The Labute approximate surface area is 141 Å². The maximum Gasteiger partial charge on any atom is 0.407 e. The van der Waals surface area contributed by atoms with Gasteiger partial charge in [-0.1, -0.05) is 11.6 Å². The van der Waals surface area contributed by atoms with Crippen molar-refractivity contribution < 1.29 is 18.7 Å². The number of ether oxygens (including phenoxy) is 2. The van der Waals surface area contributed by atoms with E-state index in [2.05, 4.69) is 5.32 Å². The van der Waals surface area contributed by atoms with E-state index < -0.39 is 17.5 Å². The van der Waals surface area contributed by atoms with Crippen molar-refractivity contribution in [3.05, 3.63) is 28.5 Å². The molecule has 2 atom stereocenters. The minimum Gasteiger partial charge on any atom is -0.493 e. The van der Waals surface area contributed by atoms with Gasteiger partial charge < -0.3 is 14.8 Å². The van der Waals surface area contributed by atoms with Crippen LogP contribution in [0.4, 0.5) is 9.18 Å². The van der Waals surface area contributed by atoms with E-state index in [1.165, 1.54) is 6.07 Å². The fraction of sp³-hybridized carbons (Fsp3) is 0.588. The van der Waals surface area contributed by atoms with E-state index in [-0.39, 0.29) is 16.9 Å². The predicted molar refractivity (Wildman–Crippen MR) is 87.7 cm³/mol. The lowest BCUT2D eigenvalue weighted by molar-refractivity contribution is 0.0525. The van der Waals surface area contributed by atoms with Crippen LogP contribution in [0.5, 0.6) is 5.75 Å². The van der Waals surface area contributed by atoms with Crippen LogP contribution < -0.4 is 10.1 Å². The second kappa shape index (κ2) is 6.95. The summed E-state index contributed by atoms with van der Waals surface area (Å²) in [4.78, 5) is 11.7. The van der Waals surface area contributed by atoms with Gasteiger partial charge in [0.2, 0.25) is 0 Å². The number of halogens is 2. The quantitative estimate of drug-likeness (QED) is 0.855. The van der Waals surface area contributed by atoms with Gasteiger partial charge in [-0.3, -0.25) is 0 Å². The van der Waals surface area contributed by atoms with Crippen LogP contribution >= 0.6 is 11.6 Å². The van der Waals surface area contributed by atoms with Crippen molar-refractivity contribution in [1.29, 1.82) is 0 Å². The van der Waals surface area contributed by atoms with E-state index in [0.717, 1.165) is 12.0 Å².